The lowest BCUT2D eigenvalue weighted by Crippen LogP contribution is -2.63. The van der Waals surface area contributed by atoms with Crippen molar-refractivity contribution in [3.8, 4) is 0 Å². The lowest BCUT2D eigenvalue weighted by atomic mass is 9.85. The van der Waals surface area contributed by atoms with Crippen molar-refractivity contribution in [3.05, 3.63) is 22.4 Å². The highest BCUT2D eigenvalue weighted by atomic mass is 32.1. The van der Waals surface area contributed by atoms with Gasteiger partial charge < -0.3 is 19.3 Å². The van der Waals surface area contributed by atoms with Crippen LogP contribution < -0.4 is 0 Å². The first-order valence-corrected chi connectivity index (χ1v) is 9.40. The fourth-order valence-corrected chi connectivity index (χ4v) is 4.47. The molecule has 3 fully saturated rings. The van der Waals surface area contributed by atoms with Crippen molar-refractivity contribution < 1.29 is 19.1 Å². The Kier molecular flexibility index (Phi) is 4.32. The minimum Gasteiger partial charge on any atom is -0.378 e. The van der Waals surface area contributed by atoms with E-state index in [1.807, 2.05) is 26.6 Å². The molecule has 3 saturated heterocycles. The molecule has 0 aromatic carbocycles. The molecule has 0 saturated carbocycles. The SMILES string of the molecule is O=C(CC1COC2(C1)CN(C(=O)c1ccsc1)C2)N1CCOCC1. The lowest BCUT2D eigenvalue weighted by Gasteiger charge is -2.47. The summed E-state index contributed by atoms with van der Waals surface area (Å²) >= 11 is 1.53. The standard InChI is InChI=1S/C17H22N2O4S/c20-15(18-2-4-22-5-3-18)7-13-8-17(23-9-13)11-19(12-17)16(21)14-1-6-24-10-14/h1,6,10,13H,2-5,7-9,11-12H2. The molecular formula is C17H22N2O4S. The normalized spacial score (nSPS) is 25.8. The molecule has 130 valence electrons. The highest BCUT2D eigenvalue weighted by Gasteiger charge is 2.51. The molecular weight excluding hydrogens is 328 g/mol. The Morgan fingerprint density at radius 2 is 2.04 bits per heavy atom. The zero-order valence-corrected chi connectivity index (χ0v) is 14.4. The van der Waals surface area contributed by atoms with E-state index in [0.29, 0.717) is 52.4 Å². The number of thiophene rings is 1. The van der Waals surface area contributed by atoms with Crippen LogP contribution in [0.2, 0.25) is 0 Å². The predicted octanol–water partition coefficient (Wildman–Crippen LogP) is 1.23. The molecule has 1 aromatic heterocycles. The van der Waals surface area contributed by atoms with E-state index in [1.165, 1.54) is 11.3 Å². The van der Waals surface area contributed by atoms with Gasteiger partial charge in [0.25, 0.3) is 5.91 Å². The second kappa shape index (κ2) is 6.46. The lowest BCUT2D eigenvalue weighted by molar-refractivity contribution is -0.136. The van der Waals surface area contributed by atoms with Gasteiger partial charge >= 0.3 is 0 Å². The van der Waals surface area contributed by atoms with Crippen LogP contribution in [0, 0.1) is 5.92 Å². The maximum absolute atomic E-state index is 12.4. The number of ether oxygens (including phenoxy) is 2. The fourth-order valence-electron chi connectivity index (χ4n) is 3.84. The number of morpholine rings is 1. The van der Waals surface area contributed by atoms with E-state index in [2.05, 4.69) is 0 Å². The minimum atomic E-state index is -0.221. The van der Waals surface area contributed by atoms with Crippen LogP contribution in [0.25, 0.3) is 0 Å². The van der Waals surface area contributed by atoms with Gasteiger partial charge in [0.05, 0.1) is 38.5 Å². The fraction of sp³-hybridized carbons (Fsp3) is 0.647. The van der Waals surface area contributed by atoms with Crippen LogP contribution in [0.15, 0.2) is 16.8 Å². The van der Waals surface area contributed by atoms with Gasteiger partial charge in [-0.25, -0.2) is 0 Å². The molecule has 1 atom stereocenters. The first kappa shape index (κ1) is 16.1. The molecule has 3 aliphatic rings. The summed E-state index contributed by atoms with van der Waals surface area (Å²) in [4.78, 5) is 28.4. The molecule has 3 aliphatic heterocycles. The average Bonchev–Trinajstić information content (AvgIpc) is 3.23. The number of likely N-dealkylation sites (tertiary alicyclic amines) is 1. The number of hydrogen-bond acceptors (Lipinski definition) is 5. The number of carbonyl (C=O) groups is 2. The maximum Gasteiger partial charge on any atom is 0.254 e. The minimum absolute atomic E-state index is 0.0818. The number of carbonyl (C=O) groups excluding carboxylic acids is 2. The summed E-state index contributed by atoms with van der Waals surface area (Å²) in [6.07, 6.45) is 1.41. The van der Waals surface area contributed by atoms with Gasteiger partial charge in [-0.15, -0.1) is 0 Å². The van der Waals surface area contributed by atoms with E-state index in [-0.39, 0.29) is 23.3 Å². The molecule has 1 aromatic rings. The van der Waals surface area contributed by atoms with Crippen molar-refractivity contribution >= 4 is 23.2 Å². The van der Waals surface area contributed by atoms with Gasteiger partial charge in [0.15, 0.2) is 0 Å². The van der Waals surface area contributed by atoms with E-state index in [1.54, 1.807) is 0 Å². The monoisotopic (exact) mass is 350 g/mol. The van der Waals surface area contributed by atoms with Crippen LogP contribution in [0.4, 0.5) is 0 Å². The Bertz CT molecular complexity index is 606. The molecule has 0 N–H and O–H groups in total. The van der Waals surface area contributed by atoms with Gasteiger partial charge in [-0.05, 0) is 23.8 Å². The van der Waals surface area contributed by atoms with E-state index >= 15 is 0 Å². The quantitative estimate of drug-likeness (QED) is 0.823. The highest BCUT2D eigenvalue weighted by Crippen LogP contribution is 2.39. The van der Waals surface area contributed by atoms with Crippen molar-refractivity contribution in [2.24, 2.45) is 5.92 Å². The Labute approximate surface area is 145 Å². The predicted molar refractivity (Wildman–Crippen MR) is 89.0 cm³/mol. The average molecular weight is 350 g/mol. The van der Waals surface area contributed by atoms with Gasteiger partial charge in [0, 0.05) is 24.9 Å². The second-order valence-electron chi connectivity index (χ2n) is 6.93. The summed E-state index contributed by atoms with van der Waals surface area (Å²) in [5.74, 6) is 0.548. The molecule has 1 unspecified atom stereocenters. The Hall–Kier alpha value is -1.44. The summed E-state index contributed by atoms with van der Waals surface area (Å²) in [7, 11) is 0. The Morgan fingerprint density at radius 3 is 2.75 bits per heavy atom. The van der Waals surface area contributed by atoms with Gasteiger partial charge in [0.1, 0.15) is 5.60 Å². The molecule has 4 rings (SSSR count). The molecule has 24 heavy (non-hydrogen) atoms. The molecule has 4 heterocycles. The Morgan fingerprint density at radius 1 is 1.25 bits per heavy atom. The van der Waals surface area contributed by atoms with Gasteiger partial charge in [-0.1, -0.05) is 0 Å². The van der Waals surface area contributed by atoms with Crippen LogP contribution in [0.3, 0.4) is 0 Å². The van der Waals surface area contributed by atoms with Crippen LogP contribution >= 0.6 is 11.3 Å². The molecule has 0 radical (unpaired) electrons. The molecule has 7 heteroatoms. The van der Waals surface area contributed by atoms with E-state index in [9.17, 15) is 9.59 Å². The van der Waals surface area contributed by atoms with E-state index in [4.69, 9.17) is 9.47 Å². The van der Waals surface area contributed by atoms with Crippen molar-refractivity contribution in [2.45, 2.75) is 18.4 Å². The number of hydrogen-bond donors (Lipinski definition) is 0. The summed E-state index contributed by atoms with van der Waals surface area (Å²) in [6.45, 7) is 4.57. The second-order valence-corrected chi connectivity index (χ2v) is 7.71. The molecule has 2 amide bonds. The smallest absolute Gasteiger partial charge is 0.254 e. The third kappa shape index (κ3) is 3.08. The number of rotatable bonds is 3. The van der Waals surface area contributed by atoms with Crippen molar-refractivity contribution in [3.63, 3.8) is 0 Å². The first-order chi connectivity index (χ1) is 11.7. The number of nitrogens with zero attached hydrogens (tertiary/aromatic N) is 2. The maximum atomic E-state index is 12.4. The summed E-state index contributed by atoms with van der Waals surface area (Å²) in [5, 5.41) is 3.80. The summed E-state index contributed by atoms with van der Waals surface area (Å²) < 4.78 is 11.3. The van der Waals surface area contributed by atoms with Crippen LogP contribution in [0.5, 0.6) is 0 Å². The summed E-state index contributed by atoms with van der Waals surface area (Å²) in [5.41, 5.74) is 0.536. The van der Waals surface area contributed by atoms with Crippen LogP contribution in [0.1, 0.15) is 23.2 Å². The third-order valence-corrected chi connectivity index (χ3v) is 5.81. The molecule has 1 spiro atoms. The van der Waals surface area contributed by atoms with Crippen LogP contribution in [-0.4, -0.2) is 73.2 Å². The molecule has 0 aliphatic carbocycles. The van der Waals surface area contributed by atoms with Gasteiger partial charge in [0.2, 0.25) is 5.91 Å². The van der Waals surface area contributed by atoms with Crippen molar-refractivity contribution in [1.29, 1.82) is 0 Å². The third-order valence-electron chi connectivity index (χ3n) is 5.13. The Balaban J connectivity index is 1.27. The highest BCUT2D eigenvalue weighted by molar-refractivity contribution is 7.08. The van der Waals surface area contributed by atoms with Gasteiger partial charge in [-0.3, -0.25) is 9.59 Å². The zero-order chi connectivity index (χ0) is 16.6. The first-order valence-electron chi connectivity index (χ1n) is 8.46. The van der Waals surface area contributed by atoms with Crippen molar-refractivity contribution in [2.75, 3.05) is 46.0 Å². The van der Waals surface area contributed by atoms with Gasteiger partial charge in [-0.2, -0.15) is 11.3 Å². The van der Waals surface area contributed by atoms with Crippen molar-refractivity contribution in [1.82, 2.24) is 9.80 Å². The number of amides is 2. The summed E-state index contributed by atoms with van der Waals surface area (Å²) in [6, 6.07) is 1.86. The molecule has 6 nitrogen and oxygen atoms in total. The topological polar surface area (TPSA) is 59.1 Å². The molecule has 0 bridgehead atoms. The van der Waals surface area contributed by atoms with E-state index < -0.39 is 0 Å². The van der Waals surface area contributed by atoms with E-state index in [0.717, 1.165) is 12.0 Å². The largest absolute Gasteiger partial charge is 0.378 e. The van der Waals surface area contributed by atoms with Crippen LogP contribution in [-0.2, 0) is 14.3 Å². The zero-order valence-electron chi connectivity index (χ0n) is 13.6.